The highest BCUT2D eigenvalue weighted by atomic mass is 35.5. The van der Waals surface area contributed by atoms with Crippen molar-refractivity contribution in [1.29, 1.82) is 0 Å². The number of nitrogens with zero attached hydrogens (tertiary/aromatic N) is 2. The number of halogens is 3. The smallest absolute Gasteiger partial charge is 0.259 e. The van der Waals surface area contributed by atoms with Gasteiger partial charge in [0.15, 0.2) is 0 Å². The van der Waals surface area contributed by atoms with Crippen LogP contribution in [0.2, 0.25) is 15.1 Å². The van der Waals surface area contributed by atoms with Gasteiger partial charge in [-0.15, -0.1) is 11.3 Å². The van der Waals surface area contributed by atoms with Crippen LogP contribution in [0.3, 0.4) is 0 Å². The number of hydrogen-bond acceptors (Lipinski definition) is 3. The van der Waals surface area contributed by atoms with Gasteiger partial charge in [0, 0.05) is 60.6 Å². The number of aromatic nitrogens is 1. The van der Waals surface area contributed by atoms with Crippen molar-refractivity contribution in [2.45, 2.75) is 53.5 Å². The molecule has 3 aromatic carbocycles. The summed E-state index contributed by atoms with van der Waals surface area (Å²) in [5, 5.41) is 6.81. The Morgan fingerprint density at radius 1 is 1.05 bits per heavy atom. The third-order valence-electron chi connectivity index (χ3n) is 8.73. The third-order valence-corrected chi connectivity index (χ3v) is 10.7. The molecule has 0 radical (unpaired) electrons. The van der Waals surface area contributed by atoms with E-state index in [2.05, 4.69) is 49.7 Å². The van der Waals surface area contributed by atoms with Crippen LogP contribution in [0, 0.1) is 18.3 Å². The summed E-state index contributed by atoms with van der Waals surface area (Å²) in [7, 11) is 0. The van der Waals surface area contributed by atoms with E-state index in [9.17, 15) is 4.79 Å². The van der Waals surface area contributed by atoms with Gasteiger partial charge >= 0.3 is 0 Å². The number of nitrogens with one attached hydrogen (secondary N) is 1. The van der Waals surface area contributed by atoms with E-state index in [1.54, 1.807) is 29.5 Å². The molecule has 5 aromatic rings. The van der Waals surface area contributed by atoms with E-state index < -0.39 is 0 Å². The van der Waals surface area contributed by atoms with Crippen LogP contribution in [-0.2, 0) is 19.4 Å². The quantitative estimate of drug-likeness (QED) is 0.181. The minimum Gasteiger partial charge on any atom is -0.340 e. The summed E-state index contributed by atoms with van der Waals surface area (Å²) in [5.41, 5.74) is 6.89. The van der Waals surface area contributed by atoms with Gasteiger partial charge in [0.2, 0.25) is 0 Å². The summed E-state index contributed by atoms with van der Waals surface area (Å²) in [4.78, 5) is 20.2. The van der Waals surface area contributed by atoms with Crippen LogP contribution >= 0.6 is 46.1 Å². The van der Waals surface area contributed by atoms with Crippen LogP contribution in [0.1, 0.15) is 64.8 Å². The number of carbonyl (C=O) groups excluding carboxylic acids is 1. The van der Waals surface area contributed by atoms with Crippen molar-refractivity contribution in [1.82, 2.24) is 4.57 Å². The van der Waals surface area contributed by atoms with E-state index in [-0.39, 0.29) is 11.3 Å². The number of para-hydroxylation sites is 1. The standard InChI is InChI=1S/C36H34Cl3N3OS/c1-21-29(27-7-5-6-8-31(27)42(21)20-22-9-11-25(38)18-30(22)39)19-40-35-33(34(43)41-26-14-12-24(37)13-15-26)28-16-10-23(36(2,3)4)17-32(28)44-35/h5-9,11-15,18-19,23H,10,16-17,20H2,1-4H3,(H,41,43)/t23-/m0/s1. The third kappa shape index (κ3) is 6.21. The fraction of sp³-hybridized carbons (Fsp3) is 0.278. The number of benzene rings is 3. The molecule has 2 aromatic heterocycles. The lowest BCUT2D eigenvalue weighted by Crippen LogP contribution is -2.27. The lowest BCUT2D eigenvalue weighted by Gasteiger charge is -2.33. The second kappa shape index (κ2) is 12.4. The summed E-state index contributed by atoms with van der Waals surface area (Å²) in [6.07, 6.45) is 4.81. The Kier molecular flexibility index (Phi) is 8.69. The Morgan fingerprint density at radius 3 is 2.50 bits per heavy atom. The normalized spacial score (nSPS) is 15.2. The molecule has 1 N–H and O–H groups in total. The van der Waals surface area contributed by atoms with Gasteiger partial charge in [0.25, 0.3) is 5.91 Å². The molecular formula is C36H34Cl3N3OS. The molecule has 2 heterocycles. The first-order chi connectivity index (χ1) is 21.0. The zero-order valence-corrected chi connectivity index (χ0v) is 28.3. The van der Waals surface area contributed by atoms with Crippen molar-refractivity contribution in [2.75, 3.05) is 5.32 Å². The van der Waals surface area contributed by atoms with Gasteiger partial charge in [0.05, 0.1) is 5.56 Å². The molecule has 1 amide bonds. The fourth-order valence-corrected chi connectivity index (χ4v) is 7.99. The van der Waals surface area contributed by atoms with Gasteiger partial charge in [-0.05, 0) is 91.1 Å². The number of fused-ring (bicyclic) bond motifs is 2. The Bertz CT molecular complexity index is 1900. The van der Waals surface area contributed by atoms with Crippen LogP contribution in [0.4, 0.5) is 10.7 Å². The lowest BCUT2D eigenvalue weighted by atomic mass is 9.72. The maximum absolute atomic E-state index is 13.8. The summed E-state index contributed by atoms with van der Waals surface area (Å²) >= 11 is 20.5. The van der Waals surface area contributed by atoms with E-state index in [1.807, 2.05) is 42.6 Å². The largest absolute Gasteiger partial charge is 0.340 e. The first-order valence-corrected chi connectivity index (χ1v) is 16.7. The van der Waals surface area contributed by atoms with Gasteiger partial charge in [0.1, 0.15) is 5.00 Å². The Morgan fingerprint density at radius 2 is 1.77 bits per heavy atom. The number of hydrogen-bond donors (Lipinski definition) is 1. The van der Waals surface area contributed by atoms with E-state index >= 15 is 0 Å². The molecule has 1 atom stereocenters. The minimum absolute atomic E-state index is 0.136. The van der Waals surface area contributed by atoms with Crippen molar-refractivity contribution >= 4 is 79.9 Å². The molecule has 4 nitrogen and oxygen atoms in total. The number of amides is 1. The van der Waals surface area contributed by atoms with Gasteiger partial charge in [-0.25, -0.2) is 4.99 Å². The molecule has 0 spiro atoms. The molecule has 8 heteroatoms. The van der Waals surface area contributed by atoms with Crippen LogP contribution in [0.5, 0.6) is 0 Å². The SMILES string of the molecule is Cc1c(C=Nc2sc3c(c2C(=O)Nc2ccc(Cl)cc2)CC[C@H](C(C)(C)C)C3)c2ccccc2n1Cc1ccc(Cl)cc1Cl. The van der Waals surface area contributed by atoms with E-state index in [0.717, 1.165) is 57.6 Å². The highest BCUT2D eigenvalue weighted by Gasteiger charge is 2.33. The van der Waals surface area contributed by atoms with E-state index in [1.165, 1.54) is 4.88 Å². The number of carbonyl (C=O) groups is 1. The maximum Gasteiger partial charge on any atom is 0.259 e. The Hall–Kier alpha value is -3.09. The average molecular weight is 663 g/mol. The predicted molar refractivity (Wildman–Crippen MR) is 188 cm³/mol. The van der Waals surface area contributed by atoms with Crippen molar-refractivity contribution in [3.63, 3.8) is 0 Å². The molecule has 0 unspecified atom stereocenters. The van der Waals surface area contributed by atoms with Crippen molar-refractivity contribution < 1.29 is 4.79 Å². The molecule has 0 bridgehead atoms. The van der Waals surface area contributed by atoms with Crippen molar-refractivity contribution in [2.24, 2.45) is 16.3 Å². The second-order valence-corrected chi connectivity index (χ2v) is 14.9. The first kappa shape index (κ1) is 30.9. The topological polar surface area (TPSA) is 46.4 Å². The molecule has 1 aliphatic rings. The predicted octanol–water partition coefficient (Wildman–Crippen LogP) is 11.2. The summed E-state index contributed by atoms with van der Waals surface area (Å²) in [6.45, 7) is 9.62. The van der Waals surface area contributed by atoms with Crippen LogP contribution < -0.4 is 5.32 Å². The number of aliphatic imine (C=N–C) groups is 1. The van der Waals surface area contributed by atoms with Crippen LogP contribution in [0.15, 0.2) is 71.7 Å². The Balaban J connectivity index is 1.41. The molecule has 226 valence electrons. The highest BCUT2D eigenvalue weighted by Crippen LogP contribution is 2.45. The summed E-state index contributed by atoms with van der Waals surface area (Å²) < 4.78 is 2.26. The molecule has 0 aliphatic heterocycles. The molecule has 0 saturated carbocycles. The molecular weight excluding hydrogens is 629 g/mol. The molecule has 6 rings (SSSR count). The fourth-order valence-electron chi connectivity index (χ4n) is 6.13. The molecule has 44 heavy (non-hydrogen) atoms. The summed E-state index contributed by atoms with van der Waals surface area (Å²) in [5.74, 6) is 0.417. The van der Waals surface area contributed by atoms with Crippen LogP contribution in [-0.4, -0.2) is 16.7 Å². The zero-order valence-electron chi connectivity index (χ0n) is 25.2. The lowest BCUT2D eigenvalue weighted by molar-refractivity contribution is 0.102. The Labute approximate surface area is 277 Å². The van der Waals surface area contributed by atoms with Crippen LogP contribution in [0.25, 0.3) is 10.9 Å². The molecule has 0 saturated heterocycles. The highest BCUT2D eigenvalue weighted by molar-refractivity contribution is 7.16. The second-order valence-electron chi connectivity index (χ2n) is 12.5. The zero-order chi connectivity index (χ0) is 31.2. The van der Waals surface area contributed by atoms with Crippen molar-refractivity contribution in [3.05, 3.63) is 115 Å². The number of anilines is 1. The van der Waals surface area contributed by atoms with E-state index in [4.69, 9.17) is 39.8 Å². The number of rotatable bonds is 6. The monoisotopic (exact) mass is 661 g/mol. The summed E-state index contributed by atoms with van der Waals surface area (Å²) in [6, 6.07) is 21.1. The average Bonchev–Trinajstić information content (AvgIpc) is 3.48. The van der Waals surface area contributed by atoms with Crippen molar-refractivity contribution in [3.8, 4) is 0 Å². The molecule has 1 aliphatic carbocycles. The number of thiophene rings is 1. The van der Waals surface area contributed by atoms with E-state index in [0.29, 0.717) is 38.8 Å². The first-order valence-electron chi connectivity index (χ1n) is 14.8. The minimum atomic E-state index is -0.136. The van der Waals surface area contributed by atoms with Gasteiger partial charge < -0.3 is 9.88 Å². The van der Waals surface area contributed by atoms with Gasteiger partial charge in [-0.1, -0.05) is 79.8 Å². The molecule has 0 fully saturated rings. The maximum atomic E-state index is 13.8. The van der Waals surface area contributed by atoms with Gasteiger partial charge in [-0.3, -0.25) is 4.79 Å². The van der Waals surface area contributed by atoms with Gasteiger partial charge in [-0.2, -0.15) is 0 Å².